The largest absolute Gasteiger partial charge is 0.480 e. The van der Waals surface area contributed by atoms with Crippen molar-refractivity contribution < 1.29 is 19.1 Å². The van der Waals surface area contributed by atoms with Gasteiger partial charge in [0.15, 0.2) is 5.76 Å². The van der Waals surface area contributed by atoms with Gasteiger partial charge in [0.2, 0.25) is 0 Å². The van der Waals surface area contributed by atoms with Gasteiger partial charge in [-0.2, -0.15) is 0 Å². The summed E-state index contributed by atoms with van der Waals surface area (Å²) in [6.45, 7) is 1.74. The number of carbonyl (C=O) groups excluding carboxylic acids is 1. The smallest absolute Gasteiger partial charge is 0.323 e. The van der Waals surface area contributed by atoms with Crippen LogP contribution in [0.5, 0.6) is 0 Å². The first-order valence-corrected chi connectivity index (χ1v) is 4.19. The van der Waals surface area contributed by atoms with E-state index in [0.717, 1.165) is 0 Å². The fraction of sp³-hybridized carbons (Fsp3) is 0.333. The molecule has 1 aromatic heterocycles. The standard InChI is InChI=1S/C9H11NO4/c1-2-10(6-8(11)12)9(13)7-4-3-5-14-7/h3-5H,2,6H2,1H3,(H,11,12). The molecule has 1 N–H and O–H groups in total. The monoisotopic (exact) mass is 197 g/mol. The number of carboxylic acid groups (broad SMARTS) is 1. The van der Waals surface area contributed by atoms with Crippen LogP contribution in [0, 0.1) is 0 Å². The third-order valence-electron chi connectivity index (χ3n) is 1.73. The molecule has 76 valence electrons. The van der Waals surface area contributed by atoms with E-state index in [1.165, 1.54) is 17.2 Å². The molecule has 1 heterocycles. The Morgan fingerprint density at radius 1 is 1.57 bits per heavy atom. The van der Waals surface area contributed by atoms with Gasteiger partial charge in [-0.25, -0.2) is 0 Å². The van der Waals surface area contributed by atoms with Crippen LogP contribution in [0.15, 0.2) is 22.8 Å². The van der Waals surface area contributed by atoms with Crippen molar-refractivity contribution in [3.05, 3.63) is 24.2 Å². The summed E-state index contributed by atoms with van der Waals surface area (Å²) in [5, 5.41) is 8.54. The lowest BCUT2D eigenvalue weighted by Crippen LogP contribution is -2.35. The van der Waals surface area contributed by atoms with Crippen LogP contribution in [-0.2, 0) is 4.79 Å². The van der Waals surface area contributed by atoms with E-state index in [9.17, 15) is 9.59 Å². The van der Waals surface area contributed by atoms with Crippen LogP contribution in [0.25, 0.3) is 0 Å². The van der Waals surface area contributed by atoms with Gasteiger partial charge in [-0.05, 0) is 19.1 Å². The van der Waals surface area contributed by atoms with Crippen LogP contribution in [0.2, 0.25) is 0 Å². The molecule has 5 heteroatoms. The Balaban J connectivity index is 2.70. The number of likely N-dealkylation sites (N-methyl/N-ethyl adjacent to an activating group) is 1. The molecule has 0 atom stereocenters. The summed E-state index contributed by atoms with van der Waals surface area (Å²) in [7, 11) is 0. The lowest BCUT2D eigenvalue weighted by Gasteiger charge is -2.16. The highest BCUT2D eigenvalue weighted by Crippen LogP contribution is 2.04. The van der Waals surface area contributed by atoms with Crippen molar-refractivity contribution in [3.8, 4) is 0 Å². The van der Waals surface area contributed by atoms with Crippen LogP contribution in [-0.4, -0.2) is 35.0 Å². The molecule has 0 saturated carbocycles. The van der Waals surface area contributed by atoms with Gasteiger partial charge >= 0.3 is 5.97 Å². The number of carboxylic acids is 1. The highest BCUT2D eigenvalue weighted by Gasteiger charge is 2.18. The Morgan fingerprint density at radius 3 is 2.71 bits per heavy atom. The van der Waals surface area contributed by atoms with Crippen molar-refractivity contribution >= 4 is 11.9 Å². The van der Waals surface area contributed by atoms with Crippen molar-refractivity contribution in [1.82, 2.24) is 4.90 Å². The third-order valence-corrected chi connectivity index (χ3v) is 1.73. The number of hydrogen-bond donors (Lipinski definition) is 1. The second-order valence-corrected chi connectivity index (χ2v) is 2.69. The molecule has 0 unspecified atom stereocenters. The predicted octanol–water partition coefficient (Wildman–Crippen LogP) is 0.826. The zero-order valence-corrected chi connectivity index (χ0v) is 7.77. The van der Waals surface area contributed by atoms with Gasteiger partial charge in [-0.15, -0.1) is 0 Å². The number of nitrogens with zero attached hydrogens (tertiary/aromatic N) is 1. The number of carbonyl (C=O) groups is 2. The summed E-state index contributed by atoms with van der Waals surface area (Å²) in [5.74, 6) is -1.28. The molecule has 0 aliphatic rings. The average Bonchev–Trinajstić information content (AvgIpc) is 2.65. The molecule has 1 aromatic rings. The van der Waals surface area contributed by atoms with Crippen LogP contribution in [0.1, 0.15) is 17.5 Å². The Labute approximate surface area is 80.9 Å². The molecule has 0 bridgehead atoms. The summed E-state index contributed by atoms with van der Waals surface area (Å²) in [6, 6.07) is 3.09. The molecule has 14 heavy (non-hydrogen) atoms. The zero-order valence-electron chi connectivity index (χ0n) is 7.77. The minimum Gasteiger partial charge on any atom is -0.480 e. The summed E-state index contributed by atoms with van der Waals surface area (Å²) in [5.41, 5.74) is 0. The topological polar surface area (TPSA) is 70.8 Å². The van der Waals surface area contributed by atoms with Crippen molar-refractivity contribution in [2.45, 2.75) is 6.92 Å². The fourth-order valence-electron chi connectivity index (χ4n) is 1.05. The number of hydrogen-bond acceptors (Lipinski definition) is 3. The maximum Gasteiger partial charge on any atom is 0.323 e. The van der Waals surface area contributed by atoms with E-state index in [-0.39, 0.29) is 12.3 Å². The second-order valence-electron chi connectivity index (χ2n) is 2.69. The van der Waals surface area contributed by atoms with Crippen LogP contribution in [0.3, 0.4) is 0 Å². The van der Waals surface area contributed by atoms with Crippen molar-refractivity contribution in [1.29, 1.82) is 0 Å². The predicted molar refractivity (Wildman–Crippen MR) is 47.9 cm³/mol. The molecular weight excluding hydrogens is 186 g/mol. The van der Waals surface area contributed by atoms with E-state index in [0.29, 0.717) is 6.54 Å². The highest BCUT2D eigenvalue weighted by atomic mass is 16.4. The Morgan fingerprint density at radius 2 is 2.29 bits per heavy atom. The SMILES string of the molecule is CCN(CC(=O)O)C(=O)c1ccco1. The van der Waals surface area contributed by atoms with Gasteiger partial charge in [-0.1, -0.05) is 0 Å². The quantitative estimate of drug-likeness (QED) is 0.775. The van der Waals surface area contributed by atoms with E-state index in [1.54, 1.807) is 13.0 Å². The number of rotatable bonds is 4. The highest BCUT2D eigenvalue weighted by molar-refractivity contribution is 5.93. The van der Waals surface area contributed by atoms with Gasteiger partial charge in [0, 0.05) is 6.54 Å². The Bertz CT molecular complexity index is 318. The van der Waals surface area contributed by atoms with Crippen LogP contribution in [0.4, 0.5) is 0 Å². The first-order chi connectivity index (χ1) is 6.65. The number of amides is 1. The lowest BCUT2D eigenvalue weighted by molar-refractivity contribution is -0.137. The maximum absolute atomic E-state index is 11.5. The molecule has 0 spiro atoms. The van der Waals surface area contributed by atoms with E-state index in [1.807, 2.05) is 0 Å². The molecule has 1 rings (SSSR count). The lowest BCUT2D eigenvalue weighted by atomic mass is 10.3. The fourth-order valence-corrected chi connectivity index (χ4v) is 1.05. The third kappa shape index (κ3) is 2.35. The molecule has 1 amide bonds. The minimum absolute atomic E-state index is 0.160. The summed E-state index contributed by atoms with van der Waals surface area (Å²) >= 11 is 0. The van der Waals surface area contributed by atoms with Gasteiger partial charge < -0.3 is 14.4 Å². The normalized spacial score (nSPS) is 9.79. The zero-order chi connectivity index (χ0) is 10.6. The maximum atomic E-state index is 11.5. The van der Waals surface area contributed by atoms with Crippen molar-refractivity contribution in [2.24, 2.45) is 0 Å². The molecule has 5 nitrogen and oxygen atoms in total. The van der Waals surface area contributed by atoms with Crippen molar-refractivity contribution in [2.75, 3.05) is 13.1 Å². The van der Waals surface area contributed by atoms with Gasteiger partial charge in [-0.3, -0.25) is 9.59 Å². The first kappa shape index (κ1) is 10.3. The van der Waals surface area contributed by atoms with Gasteiger partial charge in [0.05, 0.1) is 6.26 Å². The molecule has 0 aromatic carbocycles. The molecule has 0 fully saturated rings. The van der Waals surface area contributed by atoms with Crippen LogP contribution >= 0.6 is 0 Å². The summed E-state index contributed by atoms with van der Waals surface area (Å²) < 4.78 is 4.88. The summed E-state index contributed by atoms with van der Waals surface area (Å²) in [4.78, 5) is 23.2. The molecule has 0 saturated heterocycles. The molecule has 0 radical (unpaired) electrons. The number of aliphatic carboxylic acids is 1. The van der Waals surface area contributed by atoms with Gasteiger partial charge in [0.25, 0.3) is 5.91 Å². The van der Waals surface area contributed by atoms with E-state index < -0.39 is 11.9 Å². The Hall–Kier alpha value is -1.78. The van der Waals surface area contributed by atoms with E-state index in [2.05, 4.69) is 0 Å². The Kier molecular flexibility index (Phi) is 3.28. The average molecular weight is 197 g/mol. The second kappa shape index (κ2) is 4.45. The molecule has 0 aliphatic heterocycles. The van der Waals surface area contributed by atoms with E-state index >= 15 is 0 Å². The van der Waals surface area contributed by atoms with Gasteiger partial charge in [0.1, 0.15) is 6.54 Å². The summed E-state index contributed by atoms with van der Waals surface area (Å²) in [6.07, 6.45) is 1.38. The molecule has 0 aliphatic carbocycles. The van der Waals surface area contributed by atoms with Crippen LogP contribution < -0.4 is 0 Å². The number of furan rings is 1. The van der Waals surface area contributed by atoms with Crippen molar-refractivity contribution in [3.63, 3.8) is 0 Å². The minimum atomic E-state index is -1.04. The molecular formula is C9H11NO4. The van der Waals surface area contributed by atoms with E-state index in [4.69, 9.17) is 9.52 Å². The first-order valence-electron chi connectivity index (χ1n) is 4.19.